The number of aromatic nitrogens is 3. The molecule has 0 aliphatic heterocycles. The van der Waals surface area contributed by atoms with Gasteiger partial charge in [-0.2, -0.15) is 9.97 Å². The number of carboxylic acid groups (broad SMARTS) is 1. The van der Waals surface area contributed by atoms with Gasteiger partial charge >= 0.3 is 18.0 Å². The fourth-order valence-corrected chi connectivity index (χ4v) is 2.50. The molecule has 3 rings (SSSR count). The van der Waals surface area contributed by atoms with Crippen LogP contribution in [0.4, 0.5) is 0 Å². The molecule has 0 amide bonds. The minimum absolute atomic E-state index is 0.00754. The number of ether oxygens (including phenoxy) is 2. The molecule has 1 aromatic heterocycles. The van der Waals surface area contributed by atoms with Gasteiger partial charge in [0.1, 0.15) is 17.1 Å². The molecule has 0 aliphatic carbocycles. The molecule has 2 aromatic carbocycles. The molecule has 1 heterocycles. The van der Waals surface area contributed by atoms with Gasteiger partial charge in [0.15, 0.2) is 0 Å². The molecule has 1 N–H and O–H groups in total. The molecule has 0 saturated heterocycles. The first-order valence-corrected chi connectivity index (χ1v) is 7.92. The number of carboxylic acids is 1. The van der Waals surface area contributed by atoms with Crippen molar-refractivity contribution in [2.45, 2.75) is 6.92 Å². The van der Waals surface area contributed by atoms with Crippen LogP contribution in [-0.2, 0) is 0 Å². The zero-order valence-electron chi connectivity index (χ0n) is 13.9. The first kappa shape index (κ1) is 17.6. The Morgan fingerprint density at radius 1 is 1.04 bits per heavy atom. The summed E-state index contributed by atoms with van der Waals surface area (Å²) >= 11 is 5.91. The molecule has 7 nitrogen and oxygen atoms in total. The molecule has 0 saturated carbocycles. The fraction of sp³-hybridized carbons (Fsp3) is 0.111. The molecule has 0 spiro atoms. The summed E-state index contributed by atoms with van der Waals surface area (Å²) in [6, 6.07) is 11.8. The van der Waals surface area contributed by atoms with E-state index in [0.717, 1.165) is 0 Å². The molecule has 0 bridgehead atoms. The lowest BCUT2D eigenvalue weighted by Gasteiger charge is -2.12. The third kappa shape index (κ3) is 3.73. The van der Waals surface area contributed by atoms with E-state index in [9.17, 15) is 9.90 Å². The molecule has 8 heteroatoms. The Kier molecular flexibility index (Phi) is 4.99. The van der Waals surface area contributed by atoms with Crippen molar-refractivity contribution < 1.29 is 19.4 Å². The average molecular weight is 372 g/mol. The van der Waals surface area contributed by atoms with Gasteiger partial charge < -0.3 is 14.6 Å². The first-order valence-electron chi connectivity index (χ1n) is 7.54. The molecule has 0 radical (unpaired) electrons. The van der Waals surface area contributed by atoms with Crippen LogP contribution < -0.4 is 9.47 Å². The Labute approximate surface area is 154 Å². The van der Waals surface area contributed by atoms with Crippen molar-refractivity contribution in [1.82, 2.24) is 15.0 Å². The predicted octanol–water partition coefficient (Wildman–Crippen LogP) is 4.00. The number of rotatable bonds is 5. The lowest BCUT2D eigenvalue weighted by Crippen LogP contribution is -2.05. The van der Waals surface area contributed by atoms with E-state index in [1.165, 1.54) is 13.2 Å². The standard InChI is InChI=1S/C18H14ClN3O4/c1-10-20-17(25-2)22-18(21-10)26-14-5-3-4-13(15(14)16(23)24)11-6-8-12(19)9-7-11/h3-9H,1-2H3,(H,23,24). The molecule has 132 valence electrons. The Morgan fingerprint density at radius 2 is 1.73 bits per heavy atom. The average Bonchev–Trinajstić information content (AvgIpc) is 2.61. The van der Waals surface area contributed by atoms with Gasteiger partial charge in [-0.1, -0.05) is 35.9 Å². The number of benzene rings is 2. The Morgan fingerprint density at radius 3 is 2.38 bits per heavy atom. The van der Waals surface area contributed by atoms with Crippen LogP contribution in [0.3, 0.4) is 0 Å². The Bertz CT molecular complexity index is 961. The number of aromatic carboxylic acids is 1. The lowest BCUT2D eigenvalue weighted by atomic mass is 9.99. The molecule has 26 heavy (non-hydrogen) atoms. The maximum Gasteiger partial charge on any atom is 0.340 e. The smallest absolute Gasteiger partial charge is 0.340 e. The van der Waals surface area contributed by atoms with Crippen LogP contribution in [0.2, 0.25) is 5.02 Å². The summed E-state index contributed by atoms with van der Waals surface area (Å²) in [6.45, 7) is 1.65. The summed E-state index contributed by atoms with van der Waals surface area (Å²) < 4.78 is 10.6. The van der Waals surface area contributed by atoms with E-state index in [1.54, 1.807) is 43.3 Å². The number of carbonyl (C=O) groups is 1. The second kappa shape index (κ2) is 7.37. The summed E-state index contributed by atoms with van der Waals surface area (Å²) in [7, 11) is 1.42. The van der Waals surface area contributed by atoms with E-state index in [4.69, 9.17) is 21.1 Å². The molecule has 0 fully saturated rings. The molecule has 3 aromatic rings. The number of aryl methyl sites for hydroxylation is 1. The number of hydrogen-bond acceptors (Lipinski definition) is 6. The second-order valence-corrected chi connectivity index (χ2v) is 5.68. The predicted molar refractivity (Wildman–Crippen MR) is 95.0 cm³/mol. The highest BCUT2D eigenvalue weighted by molar-refractivity contribution is 6.30. The topological polar surface area (TPSA) is 94.4 Å². The number of nitrogens with zero attached hydrogens (tertiary/aromatic N) is 3. The van der Waals surface area contributed by atoms with Gasteiger partial charge in [0.05, 0.1) is 7.11 Å². The first-order chi connectivity index (χ1) is 12.5. The zero-order chi connectivity index (χ0) is 18.7. The number of halogens is 1. The zero-order valence-corrected chi connectivity index (χ0v) is 14.7. The van der Waals surface area contributed by atoms with Gasteiger partial charge in [-0.15, -0.1) is 4.98 Å². The van der Waals surface area contributed by atoms with E-state index in [2.05, 4.69) is 15.0 Å². The van der Waals surface area contributed by atoms with Gasteiger partial charge in [0.25, 0.3) is 0 Å². The van der Waals surface area contributed by atoms with Crippen molar-refractivity contribution >= 4 is 17.6 Å². The maximum atomic E-state index is 11.9. The van der Waals surface area contributed by atoms with Crippen molar-refractivity contribution in [2.24, 2.45) is 0 Å². The van der Waals surface area contributed by atoms with Crippen molar-refractivity contribution in [3.8, 4) is 28.9 Å². The quantitative estimate of drug-likeness (QED) is 0.724. The Balaban J connectivity index is 2.08. The maximum absolute atomic E-state index is 11.9. The van der Waals surface area contributed by atoms with Crippen molar-refractivity contribution in [1.29, 1.82) is 0 Å². The van der Waals surface area contributed by atoms with E-state index in [-0.39, 0.29) is 23.3 Å². The largest absolute Gasteiger partial charge is 0.478 e. The van der Waals surface area contributed by atoms with Crippen LogP contribution in [0.15, 0.2) is 42.5 Å². The normalized spacial score (nSPS) is 10.4. The minimum Gasteiger partial charge on any atom is -0.478 e. The third-order valence-electron chi connectivity index (χ3n) is 3.49. The SMILES string of the molecule is COc1nc(C)nc(Oc2cccc(-c3ccc(Cl)cc3)c2C(=O)O)n1. The van der Waals surface area contributed by atoms with Gasteiger partial charge in [-0.25, -0.2) is 4.79 Å². The van der Waals surface area contributed by atoms with Gasteiger partial charge in [0, 0.05) is 5.02 Å². The third-order valence-corrected chi connectivity index (χ3v) is 3.74. The van der Waals surface area contributed by atoms with Crippen molar-refractivity contribution in [2.75, 3.05) is 7.11 Å². The molecular weight excluding hydrogens is 358 g/mol. The number of hydrogen-bond donors (Lipinski definition) is 1. The minimum atomic E-state index is -1.14. The summed E-state index contributed by atoms with van der Waals surface area (Å²) in [5.74, 6) is -0.640. The van der Waals surface area contributed by atoms with Gasteiger partial charge in [-0.3, -0.25) is 0 Å². The van der Waals surface area contributed by atoms with Crippen molar-refractivity contribution in [3.63, 3.8) is 0 Å². The van der Waals surface area contributed by atoms with Crippen LogP contribution in [0.5, 0.6) is 17.8 Å². The molecule has 0 aliphatic rings. The highest BCUT2D eigenvalue weighted by atomic mass is 35.5. The van der Waals surface area contributed by atoms with Crippen molar-refractivity contribution in [3.05, 3.63) is 58.9 Å². The fourth-order valence-electron chi connectivity index (χ4n) is 2.38. The summed E-state index contributed by atoms with van der Waals surface area (Å²) in [5.41, 5.74) is 1.18. The van der Waals surface area contributed by atoms with Crippen LogP contribution in [0.1, 0.15) is 16.2 Å². The summed E-state index contributed by atoms with van der Waals surface area (Å²) in [6.07, 6.45) is 0. The van der Waals surface area contributed by atoms with E-state index in [1.807, 2.05) is 0 Å². The molecule has 0 unspecified atom stereocenters. The second-order valence-electron chi connectivity index (χ2n) is 5.24. The lowest BCUT2D eigenvalue weighted by molar-refractivity contribution is 0.0695. The van der Waals surface area contributed by atoms with Crippen LogP contribution in [0.25, 0.3) is 11.1 Å². The summed E-state index contributed by atoms with van der Waals surface area (Å²) in [4.78, 5) is 23.9. The van der Waals surface area contributed by atoms with Gasteiger partial charge in [0.2, 0.25) is 0 Å². The van der Waals surface area contributed by atoms with Crippen LogP contribution >= 0.6 is 11.6 Å². The van der Waals surface area contributed by atoms with E-state index >= 15 is 0 Å². The molecule has 0 atom stereocenters. The Hall–Kier alpha value is -3.19. The highest BCUT2D eigenvalue weighted by Crippen LogP contribution is 2.33. The van der Waals surface area contributed by atoms with E-state index < -0.39 is 5.97 Å². The summed E-state index contributed by atoms with van der Waals surface area (Å²) in [5, 5.41) is 10.3. The van der Waals surface area contributed by atoms with Crippen LogP contribution in [0, 0.1) is 6.92 Å². The van der Waals surface area contributed by atoms with E-state index in [0.29, 0.717) is 22.0 Å². The van der Waals surface area contributed by atoms with Crippen LogP contribution in [-0.4, -0.2) is 33.1 Å². The number of methoxy groups -OCH3 is 1. The highest BCUT2D eigenvalue weighted by Gasteiger charge is 2.19. The molecular formula is C18H14ClN3O4. The monoisotopic (exact) mass is 371 g/mol. The van der Waals surface area contributed by atoms with Gasteiger partial charge in [-0.05, 0) is 36.2 Å².